The predicted molar refractivity (Wildman–Crippen MR) is 92.6 cm³/mol. The molecule has 122 valence electrons. The molecule has 0 radical (unpaired) electrons. The van der Waals surface area contributed by atoms with Crippen LogP contribution in [0.1, 0.15) is 11.1 Å². The van der Waals surface area contributed by atoms with Gasteiger partial charge in [0.2, 0.25) is 9.84 Å². The van der Waals surface area contributed by atoms with Crippen molar-refractivity contribution in [3.05, 3.63) is 70.1 Å². The highest BCUT2D eigenvalue weighted by Crippen LogP contribution is 2.23. The van der Waals surface area contributed by atoms with Gasteiger partial charge in [-0.15, -0.1) is 0 Å². The van der Waals surface area contributed by atoms with Gasteiger partial charge in [-0.3, -0.25) is 4.99 Å². The van der Waals surface area contributed by atoms with Crippen LogP contribution >= 0.6 is 0 Å². The largest absolute Gasteiger partial charge is 0.422 e. The molecule has 3 rings (SSSR count). The molecule has 24 heavy (non-hydrogen) atoms. The molecule has 0 aliphatic heterocycles. The van der Waals surface area contributed by atoms with Crippen LogP contribution in [0.25, 0.3) is 11.0 Å². The molecule has 2 aromatic carbocycles. The molecule has 5 nitrogen and oxygen atoms in total. The van der Waals surface area contributed by atoms with Crippen LogP contribution in [0.3, 0.4) is 0 Å². The van der Waals surface area contributed by atoms with Gasteiger partial charge in [-0.25, -0.2) is 13.2 Å². The van der Waals surface area contributed by atoms with E-state index in [9.17, 15) is 13.2 Å². The Kier molecular flexibility index (Phi) is 4.07. The second kappa shape index (κ2) is 6.05. The number of sulfone groups is 1. The molecule has 0 amide bonds. The zero-order valence-electron chi connectivity index (χ0n) is 13.2. The second-order valence-electron chi connectivity index (χ2n) is 5.40. The minimum absolute atomic E-state index is 0.0270. The third kappa shape index (κ3) is 2.88. The second-order valence-corrected chi connectivity index (χ2v) is 7.32. The van der Waals surface area contributed by atoms with Gasteiger partial charge in [0.1, 0.15) is 5.58 Å². The lowest BCUT2D eigenvalue weighted by atomic mass is 10.2. The molecule has 0 aliphatic rings. The highest BCUT2D eigenvalue weighted by Gasteiger charge is 2.23. The first-order valence-corrected chi connectivity index (χ1v) is 8.72. The highest BCUT2D eigenvalue weighted by molar-refractivity contribution is 7.91. The number of aryl methyl sites for hydroxylation is 1. The van der Waals surface area contributed by atoms with E-state index in [2.05, 4.69) is 4.99 Å². The highest BCUT2D eigenvalue weighted by atomic mass is 32.2. The number of aliphatic imine (C=N–C) groups is 1. The van der Waals surface area contributed by atoms with E-state index in [0.29, 0.717) is 16.5 Å². The number of fused-ring (bicyclic) bond motifs is 1. The van der Waals surface area contributed by atoms with E-state index in [1.165, 1.54) is 18.2 Å². The average Bonchev–Trinajstić information content (AvgIpc) is 2.55. The van der Waals surface area contributed by atoms with E-state index < -0.39 is 15.5 Å². The molecule has 0 saturated carbocycles. The smallest absolute Gasteiger partial charge is 0.355 e. The molecular formula is C18H15NO4S. The molecule has 0 saturated heterocycles. The molecule has 1 aromatic heterocycles. The molecular weight excluding hydrogens is 326 g/mol. The van der Waals surface area contributed by atoms with Gasteiger partial charge in [-0.1, -0.05) is 23.8 Å². The van der Waals surface area contributed by atoms with Gasteiger partial charge < -0.3 is 4.42 Å². The van der Waals surface area contributed by atoms with Gasteiger partial charge >= 0.3 is 5.63 Å². The van der Waals surface area contributed by atoms with Crippen molar-refractivity contribution < 1.29 is 12.8 Å². The van der Waals surface area contributed by atoms with Gasteiger partial charge in [0.15, 0.2) is 4.90 Å². The summed E-state index contributed by atoms with van der Waals surface area (Å²) in [6.45, 7) is 1.88. The normalized spacial score (nSPS) is 12.1. The third-order valence-electron chi connectivity index (χ3n) is 3.59. The first kappa shape index (κ1) is 16.1. The topological polar surface area (TPSA) is 76.7 Å². The number of nitrogens with zero attached hydrogens (tertiary/aromatic N) is 1. The summed E-state index contributed by atoms with van der Waals surface area (Å²) in [5, 5.41) is 0.569. The van der Waals surface area contributed by atoms with Crippen LogP contribution in [0.5, 0.6) is 0 Å². The van der Waals surface area contributed by atoms with Crippen LogP contribution in [-0.4, -0.2) is 21.7 Å². The van der Waals surface area contributed by atoms with E-state index in [1.807, 2.05) is 6.92 Å². The van der Waals surface area contributed by atoms with Crippen molar-refractivity contribution in [2.24, 2.45) is 4.99 Å². The fraction of sp³-hybridized carbons (Fsp3) is 0.111. The molecule has 0 atom stereocenters. The van der Waals surface area contributed by atoms with Crippen molar-refractivity contribution in [2.45, 2.75) is 16.7 Å². The lowest BCUT2D eigenvalue weighted by Gasteiger charge is -2.06. The fourth-order valence-corrected chi connectivity index (χ4v) is 3.80. The van der Waals surface area contributed by atoms with Crippen LogP contribution in [0.4, 0.5) is 0 Å². The van der Waals surface area contributed by atoms with E-state index in [4.69, 9.17) is 4.42 Å². The van der Waals surface area contributed by atoms with Gasteiger partial charge in [-0.2, -0.15) is 0 Å². The third-order valence-corrected chi connectivity index (χ3v) is 5.33. The predicted octanol–water partition coefficient (Wildman–Crippen LogP) is 2.98. The van der Waals surface area contributed by atoms with Crippen molar-refractivity contribution in [3.63, 3.8) is 0 Å². The molecule has 1 heterocycles. The summed E-state index contributed by atoms with van der Waals surface area (Å²) < 4.78 is 30.8. The van der Waals surface area contributed by atoms with E-state index >= 15 is 0 Å². The van der Waals surface area contributed by atoms with Crippen LogP contribution in [0.2, 0.25) is 0 Å². The first-order valence-electron chi connectivity index (χ1n) is 7.23. The summed E-state index contributed by atoms with van der Waals surface area (Å²) >= 11 is 0. The number of hydrogen-bond donors (Lipinski definition) is 0. The average molecular weight is 341 g/mol. The maximum atomic E-state index is 12.8. The van der Waals surface area contributed by atoms with Crippen molar-refractivity contribution in [2.75, 3.05) is 7.05 Å². The summed E-state index contributed by atoms with van der Waals surface area (Å²) in [7, 11) is -2.38. The SMILES string of the molecule is CN=Cc1cccc(S(=O)(=O)c2cc3cc(C)ccc3oc2=O)c1. The maximum Gasteiger partial charge on any atom is 0.355 e. The minimum Gasteiger partial charge on any atom is -0.422 e. The Morgan fingerprint density at radius 1 is 1.08 bits per heavy atom. The zero-order valence-corrected chi connectivity index (χ0v) is 14.0. The molecule has 3 aromatic rings. The van der Waals surface area contributed by atoms with Gasteiger partial charge in [0.25, 0.3) is 0 Å². The summed E-state index contributed by atoms with van der Waals surface area (Å²) in [6, 6.07) is 12.9. The van der Waals surface area contributed by atoms with Crippen LogP contribution < -0.4 is 5.63 Å². The Bertz CT molecular complexity index is 1110. The molecule has 0 fully saturated rings. The van der Waals surface area contributed by atoms with Gasteiger partial charge in [-0.05, 0) is 42.8 Å². The number of benzene rings is 2. The monoisotopic (exact) mass is 341 g/mol. The maximum absolute atomic E-state index is 12.8. The van der Waals surface area contributed by atoms with Crippen molar-refractivity contribution in [1.82, 2.24) is 0 Å². The summed E-state index contributed by atoms with van der Waals surface area (Å²) in [4.78, 5) is 15.7. The van der Waals surface area contributed by atoms with Crippen LogP contribution in [0.15, 0.2) is 72.5 Å². The van der Waals surface area contributed by atoms with Crippen LogP contribution in [-0.2, 0) is 9.84 Å². The fourth-order valence-electron chi connectivity index (χ4n) is 2.45. The summed E-state index contributed by atoms with van der Waals surface area (Å²) in [5.41, 5.74) is 1.07. The molecule has 6 heteroatoms. The zero-order chi connectivity index (χ0) is 17.3. The lowest BCUT2D eigenvalue weighted by molar-refractivity contribution is 0.532. The Hall–Kier alpha value is -2.73. The van der Waals surface area contributed by atoms with E-state index in [1.54, 1.807) is 43.6 Å². The van der Waals surface area contributed by atoms with Crippen molar-refractivity contribution >= 4 is 27.0 Å². The molecule has 0 bridgehead atoms. The number of hydrogen-bond acceptors (Lipinski definition) is 5. The standard InChI is InChI=1S/C18H15NO4S/c1-12-6-7-16-14(8-12)10-17(18(20)23-16)24(21,22)15-5-3-4-13(9-15)11-19-2/h3-11H,1-2H3. The Labute approximate surface area is 139 Å². The molecule has 0 unspecified atom stereocenters. The quantitative estimate of drug-likeness (QED) is 0.542. The molecule has 0 N–H and O–H groups in total. The summed E-state index contributed by atoms with van der Waals surface area (Å²) in [6.07, 6.45) is 1.55. The number of rotatable bonds is 3. The summed E-state index contributed by atoms with van der Waals surface area (Å²) in [5.74, 6) is 0. The minimum atomic E-state index is -3.98. The molecule has 0 spiro atoms. The van der Waals surface area contributed by atoms with Gasteiger partial charge in [0, 0.05) is 18.6 Å². The Morgan fingerprint density at radius 3 is 2.62 bits per heavy atom. The van der Waals surface area contributed by atoms with Crippen molar-refractivity contribution in [1.29, 1.82) is 0 Å². The van der Waals surface area contributed by atoms with Crippen LogP contribution in [0, 0.1) is 6.92 Å². The van der Waals surface area contributed by atoms with E-state index in [0.717, 1.165) is 5.56 Å². The lowest BCUT2D eigenvalue weighted by Crippen LogP contribution is -2.14. The van der Waals surface area contributed by atoms with Crippen molar-refractivity contribution in [3.8, 4) is 0 Å². The molecule has 0 aliphatic carbocycles. The first-order chi connectivity index (χ1) is 11.4. The Balaban J connectivity index is 2.23. The van der Waals surface area contributed by atoms with Gasteiger partial charge in [0.05, 0.1) is 4.90 Å². The van der Waals surface area contributed by atoms with E-state index in [-0.39, 0.29) is 9.79 Å². The Morgan fingerprint density at radius 2 is 1.88 bits per heavy atom.